The number of carbonyl (C=O) groups excluding carboxylic acids is 1. The number of rotatable bonds is 6. The summed E-state index contributed by atoms with van der Waals surface area (Å²) in [5.41, 5.74) is -0.830. The third-order valence-electron chi connectivity index (χ3n) is 4.59. The van der Waals surface area contributed by atoms with E-state index in [0.717, 1.165) is 0 Å². The SMILES string of the molecule is COc1ccc(C(=O)N2CCCC(C)(C(=O)O)C2)cc1S(=O)(=O)NC(C)C. The van der Waals surface area contributed by atoms with Crippen LogP contribution in [0.25, 0.3) is 0 Å². The zero-order valence-electron chi connectivity index (χ0n) is 16.0. The predicted molar refractivity (Wildman–Crippen MR) is 99.3 cm³/mol. The van der Waals surface area contributed by atoms with Gasteiger partial charge in [-0.25, -0.2) is 13.1 Å². The van der Waals surface area contributed by atoms with Crippen LogP contribution >= 0.6 is 0 Å². The summed E-state index contributed by atoms with van der Waals surface area (Å²) in [6.45, 7) is 5.52. The summed E-state index contributed by atoms with van der Waals surface area (Å²) in [4.78, 5) is 25.7. The van der Waals surface area contributed by atoms with Crippen LogP contribution in [0.5, 0.6) is 5.75 Å². The van der Waals surface area contributed by atoms with Crippen molar-refractivity contribution < 1.29 is 27.9 Å². The van der Waals surface area contributed by atoms with Gasteiger partial charge in [0.05, 0.1) is 12.5 Å². The Labute approximate surface area is 159 Å². The molecule has 9 heteroatoms. The number of sulfonamides is 1. The number of nitrogens with one attached hydrogen (secondary N) is 1. The Bertz CT molecular complexity index is 836. The van der Waals surface area contributed by atoms with Gasteiger partial charge in [-0.15, -0.1) is 0 Å². The molecule has 1 fully saturated rings. The van der Waals surface area contributed by atoms with Crippen LogP contribution < -0.4 is 9.46 Å². The number of aliphatic carboxylic acids is 1. The average Bonchev–Trinajstić information content (AvgIpc) is 2.59. The normalized spacial score (nSPS) is 20.6. The van der Waals surface area contributed by atoms with E-state index in [0.29, 0.717) is 19.4 Å². The lowest BCUT2D eigenvalue weighted by atomic mass is 9.82. The summed E-state index contributed by atoms with van der Waals surface area (Å²) in [7, 11) is -2.51. The molecular formula is C18H26N2O6S. The Morgan fingerprint density at radius 2 is 2.00 bits per heavy atom. The highest BCUT2D eigenvalue weighted by Gasteiger charge is 2.39. The molecule has 27 heavy (non-hydrogen) atoms. The molecular weight excluding hydrogens is 372 g/mol. The van der Waals surface area contributed by atoms with Gasteiger partial charge in [-0.3, -0.25) is 9.59 Å². The number of hydrogen-bond acceptors (Lipinski definition) is 5. The quantitative estimate of drug-likeness (QED) is 0.754. The van der Waals surface area contributed by atoms with Crippen LogP contribution in [0.4, 0.5) is 0 Å². The van der Waals surface area contributed by atoms with Gasteiger partial charge in [-0.1, -0.05) is 0 Å². The second-order valence-corrected chi connectivity index (χ2v) is 9.02. The minimum absolute atomic E-state index is 0.0829. The number of carbonyl (C=O) groups is 2. The topological polar surface area (TPSA) is 113 Å². The van der Waals surface area contributed by atoms with Crippen molar-refractivity contribution >= 4 is 21.9 Å². The van der Waals surface area contributed by atoms with E-state index in [4.69, 9.17) is 4.74 Å². The zero-order chi connectivity index (χ0) is 20.4. The largest absolute Gasteiger partial charge is 0.495 e. The van der Waals surface area contributed by atoms with Crippen LogP contribution in [0.1, 0.15) is 44.0 Å². The summed E-state index contributed by atoms with van der Waals surface area (Å²) >= 11 is 0. The fourth-order valence-corrected chi connectivity index (χ4v) is 4.61. The van der Waals surface area contributed by atoms with Crippen LogP contribution in [-0.2, 0) is 14.8 Å². The van der Waals surface area contributed by atoms with Gasteiger partial charge in [0.15, 0.2) is 0 Å². The zero-order valence-corrected chi connectivity index (χ0v) is 16.8. The lowest BCUT2D eigenvalue weighted by Crippen LogP contribution is -2.48. The van der Waals surface area contributed by atoms with Gasteiger partial charge in [0.2, 0.25) is 10.0 Å². The Balaban J connectivity index is 2.37. The second kappa shape index (κ2) is 7.85. The van der Waals surface area contributed by atoms with E-state index in [1.807, 2.05) is 0 Å². The molecule has 1 aromatic rings. The Morgan fingerprint density at radius 3 is 2.56 bits per heavy atom. The molecule has 2 rings (SSSR count). The fourth-order valence-electron chi connectivity index (χ4n) is 3.16. The lowest BCUT2D eigenvalue weighted by Gasteiger charge is -2.37. The maximum absolute atomic E-state index is 12.9. The molecule has 2 N–H and O–H groups in total. The molecule has 0 spiro atoms. The summed E-state index contributed by atoms with van der Waals surface area (Å²) in [6, 6.07) is 3.88. The van der Waals surface area contributed by atoms with Crippen LogP contribution in [0.3, 0.4) is 0 Å². The van der Waals surface area contributed by atoms with E-state index in [2.05, 4.69) is 4.72 Å². The minimum atomic E-state index is -3.87. The molecule has 1 aliphatic heterocycles. The first-order valence-electron chi connectivity index (χ1n) is 8.73. The number of amides is 1. The summed E-state index contributed by atoms with van der Waals surface area (Å²) in [5.74, 6) is -1.21. The summed E-state index contributed by atoms with van der Waals surface area (Å²) < 4.78 is 32.8. The molecule has 150 valence electrons. The van der Waals surface area contributed by atoms with Crippen molar-refractivity contribution in [1.82, 2.24) is 9.62 Å². The van der Waals surface area contributed by atoms with Crippen molar-refractivity contribution in [1.29, 1.82) is 0 Å². The van der Waals surface area contributed by atoms with Crippen molar-refractivity contribution in [2.45, 2.75) is 44.6 Å². The van der Waals surface area contributed by atoms with E-state index in [1.54, 1.807) is 20.8 Å². The van der Waals surface area contributed by atoms with Gasteiger partial charge in [0.25, 0.3) is 5.91 Å². The monoisotopic (exact) mass is 398 g/mol. The first-order valence-corrected chi connectivity index (χ1v) is 10.2. The number of carboxylic acid groups (broad SMARTS) is 1. The number of hydrogen-bond donors (Lipinski definition) is 2. The van der Waals surface area contributed by atoms with E-state index in [9.17, 15) is 23.1 Å². The molecule has 0 radical (unpaired) electrons. The molecule has 0 bridgehead atoms. The van der Waals surface area contributed by atoms with Gasteiger partial charge in [-0.05, 0) is 51.8 Å². The van der Waals surface area contributed by atoms with Crippen molar-refractivity contribution in [2.75, 3.05) is 20.2 Å². The van der Waals surface area contributed by atoms with Crippen molar-refractivity contribution in [2.24, 2.45) is 5.41 Å². The number of ether oxygens (including phenoxy) is 1. The van der Waals surface area contributed by atoms with E-state index in [1.165, 1.54) is 30.2 Å². The Hall–Kier alpha value is -2.13. The Kier molecular flexibility index (Phi) is 6.16. The summed E-state index contributed by atoms with van der Waals surface area (Å²) in [5, 5.41) is 9.43. The third kappa shape index (κ3) is 4.59. The highest BCUT2D eigenvalue weighted by Crippen LogP contribution is 2.31. The van der Waals surface area contributed by atoms with Gasteiger partial charge < -0.3 is 14.7 Å². The van der Waals surface area contributed by atoms with Gasteiger partial charge in [-0.2, -0.15) is 0 Å². The van der Waals surface area contributed by atoms with E-state index >= 15 is 0 Å². The standard InChI is InChI=1S/C18H26N2O6S/c1-12(2)19-27(24,25)15-10-13(6-7-14(15)26-4)16(21)20-9-5-8-18(3,11-20)17(22)23/h6-7,10,12,19H,5,8-9,11H2,1-4H3,(H,22,23). The highest BCUT2D eigenvalue weighted by atomic mass is 32.2. The highest BCUT2D eigenvalue weighted by molar-refractivity contribution is 7.89. The van der Waals surface area contributed by atoms with Crippen LogP contribution in [0, 0.1) is 5.41 Å². The molecule has 1 aromatic carbocycles. The van der Waals surface area contributed by atoms with Crippen molar-refractivity contribution in [3.8, 4) is 5.75 Å². The molecule has 1 aliphatic rings. The molecule has 1 unspecified atom stereocenters. The van der Waals surface area contributed by atoms with Crippen LogP contribution in [-0.4, -0.2) is 56.5 Å². The van der Waals surface area contributed by atoms with Crippen LogP contribution in [0.2, 0.25) is 0 Å². The van der Waals surface area contributed by atoms with Gasteiger partial charge in [0, 0.05) is 24.7 Å². The molecule has 8 nitrogen and oxygen atoms in total. The maximum Gasteiger partial charge on any atom is 0.311 e. The molecule has 0 aliphatic carbocycles. The number of nitrogens with zero attached hydrogens (tertiary/aromatic N) is 1. The first kappa shape index (κ1) is 21.2. The number of methoxy groups -OCH3 is 1. The minimum Gasteiger partial charge on any atom is -0.495 e. The molecule has 1 amide bonds. The number of likely N-dealkylation sites (tertiary alicyclic amines) is 1. The number of benzene rings is 1. The van der Waals surface area contributed by atoms with Crippen molar-refractivity contribution in [3.05, 3.63) is 23.8 Å². The molecule has 1 heterocycles. The van der Waals surface area contributed by atoms with E-state index in [-0.39, 0.29) is 28.8 Å². The van der Waals surface area contributed by atoms with E-state index < -0.39 is 27.3 Å². The number of piperidine rings is 1. The molecule has 0 aromatic heterocycles. The molecule has 0 saturated carbocycles. The average molecular weight is 398 g/mol. The van der Waals surface area contributed by atoms with Gasteiger partial charge in [0.1, 0.15) is 10.6 Å². The third-order valence-corrected chi connectivity index (χ3v) is 6.27. The lowest BCUT2D eigenvalue weighted by molar-refractivity contribution is -0.150. The Morgan fingerprint density at radius 1 is 1.33 bits per heavy atom. The first-order chi connectivity index (χ1) is 12.5. The predicted octanol–water partition coefficient (Wildman–Crippen LogP) is 1.71. The van der Waals surface area contributed by atoms with Gasteiger partial charge >= 0.3 is 5.97 Å². The smallest absolute Gasteiger partial charge is 0.311 e. The summed E-state index contributed by atoms with van der Waals surface area (Å²) in [6.07, 6.45) is 1.07. The molecule has 1 atom stereocenters. The fraction of sp³-hybridized carbons (Fsp3) is 0.556. The maximum atomic E-state index is 12.9. The number of carboxylic acids is 1. The second-order valence-electron chi connectivity index (χ2n) is 7.34. The van der Waals surface area contributed by atoms with Crippen LogP contribution in [0.15, 0.2) is 23.1 Å². The molecule has 1 saturated heterocycles. The van der Waals surface area contributed by atoms with Crippen molar-refractivity contribution in [3.63, 3.8) is 0 Å².